The number of alkyl halides is 2. The third kappa shape index (κ3) is 4.07. The Morgan fingerprint density at radius 3 is 2.56 bits per heavy atom. The minimum atomic E-state index is -2.51. The Labute approximate surface area is 105 Å². The summed E-state index contributed by atoms with van der Waals surface area (Å²) in [7, 11) is 0. The van der Waals surface area contributed by atoms with Crippen LogP contribution in [-0.4, -0.2) is 17.1 Å². The second-order valence-corrected chi connectivity index (χ2v) is 4.49. The second-order valence-electron chi connectivity index (χ2n) is 4.49. The predicted octanol–water partition coefficient (Wildman–Crippen LogP) is 2.82. The van der Waals surface area contributed by atoms with Gasteiger partial charge in [-0.1, -0.05) is 32.0 Å². The number of carbonyl (C=O) groups is 1. The maximum atomic E-state index is 12.5. The highest BCUT2D eigenvalue weighted by Gasteiger charge is 2.20. The van der Waals surface area contributed by atoms with Crippen LogP contribution in [0, 0.1) is 5.92 Å². The number of aliphatic carboxylic acids is 1. The number of hydrogen-bond acceptors (Lipinski definition) is 2. The molecule has 1 aromatic carbocycles. The lowest BCUT2D eigenvalue weighted by Gasteiger charge is -2.18. The average Bonchev–Trinajstić information content (AvgIpc) is 2.28. The zero-order valence-electron chi connectivity index (χ0n) is 10.4. The molecule has 0 aliphatic carbocycles. The van der Waals surface area contributed by atoms with Gasteiger partial charge < -0.3 is 10.4 Å². The van der Waals surface area contributed by atoms with Crippen LogP contribution in [0.15, 0.2) is 24.3 Å². The number of carboxylic acid groups (broad SMARTS) is 1. The van der Waals surface area contributed by atoms with Crippen molar-refractivity contribution in [3.63, 3.8) is 0 Å². The molecule has 0 saturated carbocycles. The molecule has 0 amide bonds. The van der Waals surface area contributed by atoms with Crippen LogP contribution in [0.2, 0.25) is 0 Å². The SMILES string of the molecule is CC(C)C(NCc1cccc(C(F)F)c1)C(=O)O. The lowest BCUT2D eigenvalue weighted by atomic mass is 10.0. The van der Waals surface area contributed by atoms with Gasteiger partial charge >= 0.3 is 5.97 Å². The Morgan fingerprint density at radius 1 is 1.39 bits per heavy atom. The molecule has 0 spiro atoms. The molecule has 0 saturated heterocycles. The number of hydrogen-bond donors (Lipinski definition) is 2. The summed E-state index contributed by atoms with van der Waals surface area (Å²) >= 11 is 0. The highest BCUT2D eigenvalue weighted by Crippen LogP contribution is 2.19. The summed E-state index contributed by atoms with van der Waals surface area (Å²) in [5.41, 5.74) is 0.602. The van der Waals surface area contributed by atoms with Gasteiger partial charge in [0.25, 0.3) is 6.43 Å². The van der Waals surface area contributed by atoms with Crippen molar-refractivity contribution in [2.75, 3.05) is 0 Å². The Balaban J connectivity index is 2.67. The van der Waals surface area contributed by atoms with Gasteiger partial charge in [-0.3, -0.25) is 4.79 Å². The summed E-state index contributed by atoms with van der Waals surface area (Å²) in [5.74, 6) is -1.00. The topological polar surface area (TPSA) is 49.3 Å². The van der Waals surface area contributed by atoms with Crippen molar-refractivity contribution >= 4 is 5.97 Å². The van der Waals surface area contributed by atoms with Crippen molar-refractivity contribution in [3.8, 4) is 0 Å². The normalized spacial score (nSPS) is 13.0. The van der Waals surface area contributed by atoms with Crippen LogP contribution < -0.4 is 5.32 Å². The largest absolute Gasteiger partial charge is 0.480 e. The Bertz CT molecular complexity index is 408. The van der Waals surface area contributed by atoms with E-state index in [0.717, 1.165) is 0 Å². The van der Waals surface area contributed by atoms with Gasteiger partial charge in [0.15, 0.2) is 0 Å². The standard InChI is InChI=1S/C13H17F2NO2/c1-8(2)11(13(17)18)16-7-9-4-3-5-10(6-9)12(14)15/h3-6,8,11-12,16H,7H2,1-2H3,(H,17,18). The maximum Gasteiger partial charge on any atom is 0.320 e. The van der Waals surface area contributed by atoms with E-state index < -0.39 is 18.4 Å². The molecule has 3 nitrogen and oxygen atoms in total. The molecule has 0 heterocycles. The lowest BCUT2D eigenvalue weighted by Crippen LogP contribution is -2.40. The first kappa shape index (κ1) is 14.6. The van der Waals surface area contributed by atoms with Gasteiger partial charge in [-0.2, -0.15) is 0 Å². The molecule has 1 rings (SSSR count). The summed E-state index contributed by atoms with van der Waals surface area (Å²) in [6.45, 7) is 3.85. The van der Waals surface area contributed by atoms with E-state index in [4.69, 9.17) is 5.11 Å². The summed E-state index contributed by atoms with van der Waals surface area (Å²) < 4.78 is 25.0. The second kappa shape index (κ2) is 6.44. The molecule has 18 heavy (non-hydrogen) atoms. The molecule has 5 heteroatoms. The lowest BCUT2D eigenvalue weighted by molar-refractivity contribution is -0.140. The van der Waals surface area contributed by atoms with E-state index in [-0.39, 0.29) is 18.0 Å². The van der Waals surface area contributed by atoms with Gasteiger partial charge in [0.05, 0.1) is 0 Å². The van der Waals surface area contributed by atoms with Crippen LogP contribution in [0.5, 0.6) is 0 Å². The fraction of sp³-hybridized carbons (Fsp3) is 0.462. The molecule has 0 aliphatic heterocycles. The van der Waals surface area contributed by atoms with E-state index in [1.54, 1.807) is 26.0 Å². The summed E-state index contributed by atoms with van der Waals surface area (Å²) in [5, 5.41) is 11.8. The zero-order valence-corrected chi connectivity index (χ0v) is 10.4. The van der Waals surface area contributed by atoms with Gasteiger partial charge in [-0.15, -0.1) is 0 Å². The number of benzene rings is 1. The molecular formula is C13H17F2NO2. The molecule has 100 valence electrons. The first-order valence-corrected chi connectivity index (χ1v) is 5.75. The van der Waals surface area contributed by atoms with E-state index in [9.17, 15) is 13.6 Å². The molecule has 0 fully saturated rings. The third-order valence-electron chi connectivity index (χ3n) is 2.66. The Kier molecular flexibility index (Phi) is 5.22. The highest BCUT2D eigenvalue weighted by molar-refractivity contribution is 5.73. The van der Waals surface area contributed by atoms with Crippen molar-refractivity contribution in [1.82, 2.24) is 5.32 Å². The van der Waals surface area contributed by atoms with Gasteiger partial charge in [0.2, 0.25) is 0 Å². The van der Waals surface area contributed by atoms with Crippen LogP contribution in [-0.2, 0) is 11.3 Å². The van der Waals surface area contributed by atoms with Crippen molar-refractivity contribution < 1.29 is 18.7 Å². The summed E-state index contributed by atoms with van der Waals surface area (Å²) in [4.78, 5) is 11.0. The van der Waals surface area contributed by atoms with Gasteiger partial charge in [-0.05, 0) is 17.5 Å². The summed E-state index contributed by atoms with van der Waals surface area (Å²) in [6.07, 6.45) is -2.51. The minimum absolute atomic E-state index is 0.0503. The van der Waals surface area contributed by atoms with Crippen molar-refractivity contribution in [2.45, 2.75) is 32.9 Å². The van der Waals surface area contributed by atoms with E-state index in [2.05, 4.69) is 5.32 Å². The number of rotatable bonds is 6. The number of carboxylic acids is 1. The van der Waals surface area contributed by atoms with Crippen molar-refractivity contribution in [1.29, 1.82) is 0 Å². The van der Waals surface area contributed by atoms with Gasteiger partial charge in [0.1, 0.15) is 6.04 Å². The molecule has 0 aliphatic rings. The molecule has 1 aromatic rings. The van der Waals surface area contributed by atoms with Crippen LogP contribution in [0.1, 0.15) is 31.4 Å². The fourth-order valence-electron chi connectivity index (χ4n) is 1.67. The molecule has 2 N–H and O–H groups in total. The molecule has 1 atom stereocenters. The van der Waals surface area contributed by atoms with Gasteiger partial charge in [0, 0.05) is 12.1 Å². The number of halogens is 2. The van der Waals surface area contributed by atoms with Crippen LogP contribution >= 0.6 is 0 Å². The maximum absolute atomic E-state index is 12.5. The van der Waals surface area contributed by atoms with Crippen LogP contribution in [0.4, 0.5) is 8.78 Å². The Morgan fingerprint density at radius 2 is 2.06 bits per heavy atom. The quantitative estimate of drug-likeness (QED) is 0.823. The Hall–Kier alpha value is -1.49. The van der Waals surface area contributed by atoms with E-state index in [1.807, 2.05) is 0 Å². The molecule has 1 unspecified atom stereocenters. The fourth-order valence-corrected chi connectivity index (χ4v) is 1.67. The summed E-state index contributed by atoms with van der Waals surface area (Å²) in [6, 6.07) is 5.30. The monoisotopic (exact) mass is 257 g/mol. The van der Waals surface area contributed by atoms with Crippen LogP contribution in [0.25, 0.3) is 0 Å². The number of nitrogens with one attached hydrogen (secondary N) is 1. The first-order valence-electron chi connectivity index (χ1n) is 5.75. The van der Waals surface area contributed by atoms with Crippen molar-refractivity contribution in [3.05, 3.63) is 35.4 Å². The van der Waals surface area contributed by atoms with E-state index >= 15 is 0 Å². The highest BCUT2D eigenvalue weighted by atomic mass is 19.3. The van der Waals surface area contributed by atoms with E-state index in [0.29, 0.717) is 5.56 Å². The molecule has 0 radical (unpaired) electrons. The third-order valence-corrected chi connectivity index (χ3v) is 2.66. The minimum Gasteiger partial charge on any atom is -0.480 e. The van der Waals surface area contributed by atoms with E-state index in [1.165, 1.54) is 12.1 Å². The molecule has 0 bridgehead atoms. The molecular weight excluding hydrogens is 240 g/mol. The van der Waals surface area contributed by atoms with Crippen LogP contribution in [0.3, 0.4) is 0 Å². The van der Waals surface area contributed by atoms with Crippen molar-refractivity contribution in [2.24, 2.45) is 5.92 Å². The smallest absolute Gasteiger partial charge is 0.320 e. The molecule has 0 aromatic heterocycles. The first-order chi connectivity index (χ1) is 8.41. The predicted molar refractivity (Wildman–Crippen MR) is 64.5 cm³/mol. The zero-order chi connectivity index (χ0) is 13.7. The van der Waals surface area contributed by atoms with Gasteiger partial charge in [-0.25, -0.2) is 8.78 Å². The average molecular weight is 257 g/mol.